The van der Waals surface area contributed by atoms with Crippen LogP contribution in [-0.4, -0.2) is 60.9 Å². The van der Waals surface area contributed by atoms with Crippen molar-refractivity contribution in [2.75, 3.05) is 27.2 Å². The zero-order valence-corrected chi connectivity index (χ0v) is 19.2. The molecule has 2 aliphatic rings. The van der Waals surface area contributed by atoms with Gasteiger partial charge < -0.3 is 19.9 Å². The van der Waals surface area contributed by atoms with E-state index < -0.39 is 6.04 Å². The summed E-state index contributed by atoms with van der Waals surface area (Å²) >= 11 is 0. The first-order chi connectivity index (χ1) is 15.4. The summed E-state index contributed by atoms with van der Waals surface area (Å²) < 4.78 is 6.08. The summed E-state index contributed by atoms with van der Waals surface area (Å²) in [5.74, 6) is 1.17. The molecule has 0 spiro atoms. The molecule has 2 aromatic rings. The van der Waals surface area contributed by atoms with Gasteiger partial charge in [0.05, 0.1) is 6.04 Å². The third kappa shape index (κ3) is 5.30. The van der Waals surface area contributed by atoms with Gasteiger partial charge in [-0.15, -0.1) is 0 Å². The molecule has 0 radical (unpaired) electrons. The van der Waals surface area contributed by atoms with Gasteiger partial charge in [0.25, 0.3) is 0 Å². The Morgan fingerprint density at radius 3 is 2.50 bits per heavy atom. The van der Waals surface area contributed by atoms with Gasteiger partial charge in [0, 0.05) is 31.0 Å². The largest absolute Gasteiger partial charge is 0.491 e. The van der Waals surface area contributed by atoms with Gasteiger partial charge in [0.15, 0.2) is 0 Å². The van der Waals surface area contributed by atoms with Gasteiger partial charge in [-0.25, -0.2) is 0 Å². The first kappa shape index (κ1) is 22.3. The van der Waals surface area contributed by atoms with Crippen molar-refractivity contribution in [1.82, 2.24) is 15.1 Å². The van der Waals surface area contributed by atoms with Gasteiger partial charge in [-0.3, -0.25) is 9.59 Å². The lowest BCUT2D eigenvalue weighted by molar-refractivity contribution is -0.140. The average Bonchev–Trinajstić information content (AvgIpc) is 3.54. The van der Waals surface area contributed by atoms with Crippen LogP contribution in [0.1, 0.15) is 24.5 Å². The highest BCUT2D eigenvalue weighted by atomic mass is 16.5. The minimum atomic E-state index is -0.604. The van der Waals surface area contributed by atoms with Crippen LogP contribution >= 0.6 is 0 Å². The highest BCUT2D eigenvalue weighted by molar-refractivity contribution is 5.90. The summed E-state index contributed by atoms with van der Waals surface area (Å²) in [7, 11) is 4.00. The monoisotopic (exact) mass is 435 g/mol. The molecule has 1 N–H and O–H groups in total. The lowest BCUT2D eigenvalue weighted by Crippen LogP contribution is -2.55. The maximum absolute atomic E-state index is 14.0. The van der Waals surface area contributed by atoms with Crippen molar-refractivity contribution in [3.05, 3.63) is 65.7 Å². The smallest absolute Gasteiger partial charge is 0.246 e. The quantitative estimate of drug-likeness (QED) is 0.727. The molecule has 2 aromatic carbocycles. The Morgan fingerprint density at radius 1 is 1.12 bits per heavy atom. The van der Waals surface area contributed by atoms with Crippen LogP contribution < -0.4 is 10.1 Å². The Labute approximate surface area is 190 Å². The number of hydrogen-bond donors (Lipinski definition) is 1. The minimum Gasteiger partial charge on any atom is -0.491 e. The maximum atomic E-state index is 14.0. The van der Waals surface area contributed by atoms with Gasteiger partial charge in [0.1, 0.15) is 18.4 Å². The molecule has 0 saturated heterocycles. The number of amides is 2. The highest BCUT2D eigenvalue weighted by Gasteiger charge is 2.41. The molecule has 1 saturated carbocycles. The summed E-state index contributed by atoms with van der Waals surface area (Å²) in [6.07, 6.45) is 1.37. The number of fused-ring (bicyclic) bond motifs is 1. The second-order valence-corrected chi connectivity index (χ2v) is 9.37. The van der Waals surface area contributed by atoms with Crippen LogP contribution in [0.25, 0.3) is 0 Å². The minimum absolute atomic E-state index is 0.0117. The Morgan fingerprint density at radius 2 is 1.81 bits per heavy atom. The average molecular weight is 436 g/mol. The van der Waals surface area contributed by atoms with Crippen LogP contribution in [-0.2, 0) is 22.6 Å². The molecule has 0 unspecified atom stereocenters. The van der Waals surface area contributed by atoms with Crippen LogP contribution in [0.2, 0.25) is 0 Å². The van der Waals surface area contributed by atoms with E-state index in [1.165, 1.54) is 0 Å². The van der Waals surface area contributed by atoms with Crippen molar-refractivity contribution in [2.45, 2.75) is 38.4 Å². The highest BCUT2D eigenvalue weighted by Crippen LogP contribution is 2.38. The number of ether oxygens (including phenoxy) is 1. The van der Waals surface area contributed by atoms with Gasteiger partial charge in [-0.1, -0.05) is 55.5 Å². The normalized spacial score (nSPS) is 23.0. The molecule has 6 heteroatoms. The summed E-state index contributed by atoms with van der Waals surface area (Å²) in [5.41, 5.74) is 2.02. The molecule has 1 aliphatic heterocycles. The van der Waals surface area contributed by atoms with Crippen LogP contribution in [0.3, 0.4) is 0 Å². The van der Waals surface area contributed by atoms with Crippen molar-refractivity contribution in [3.8, 4) is 5.75 Å². The number of carbonyl (C=O) groups is 2. The number of nitrogens with zero attached hydrogens (tertiary/aromatic N) is 2. The van der Waals surface area contributed by atoms with E-state index in [1.54, 1.807) is 0 Å². The molecule has 1 heterocycles. The standard InChI is InChI=1S/C26H33N3O3/c1-18-13-22(18)25(30)27-23(14-19-9-5-4-6-10-19)26(31)29-15-20-11-7-8-12-24(20)32-17-21(29)16-28(2)3/h4-12,18,21-23H,13-17H2,1-3H3,(H,27,30)/t18-,21-,22+,23-/m1/s1. The van der Waals surface area contributed by atoms with Crippen molar-refractivity contribution in [2.24, 2.45) is 11.8 Å². The number of hydrogen-bond acceptors (Lipinski definition) is 4. The lowest BCUT2D eigenvalue weighted by atomic mass is 10.0. The first-order valence-electron chi connectivity index (χ1n) is 11.4. The van der Waals surface area contributed by atoms with Gasteiger partial charge >= 0.3 is 0 Å². The summed E-state index contributed by atoms with van der Waals surface area (Å²) in [6.45, 7) is 3.65. The molecular formula is C26H33N3O3. The van der Waals surface area contributed by atoms with E-state index in [1.807, 2.05) is 73.6 Å². The molecule has 1 fully saturated rings. The van der Waals surface area contributed by atoms with Crippen LogP contribution in [0.15, 0.2) is 54.6 Å². The van der Waals surface area contributed by atoms with Gasteiger partial charge in [-0.2, -0.15) is 0 Å². The summed E-state index contributed by atoms with van der Waals surface area (Å²) in [6, 6.07) is 17.1. The maximum Gasteiger partial charge on any atom is 0.246 e. The Balaban J connectivity index is 1.61. The third-order valence-corrected chi connectivity index (χ3v) is 6.39. The van der Waals surface area contributed by atoms with Crippen LogP contribution in [0, 0.1) is 11.8 Å². The fraction of sp³-hybridized carbons (Fsp3) is 0.462. The topological polar surface area (TPSA) is 61.9 Å². The van der Waals surface area contributed by atoms with E-state index in [2.05, 4.69) is 17.1 Å². The molecule has 2 amide bonds. The molecule has 0 bridgehead atoms. The van der Waals surface area contributed by atoms with Gasteiger partial charge in [-0.05, 0) is 38.1 Å². The fourth-order valence-electron chi connectivity index (χ4n) is 4.41. The molecule has 6 nitrogen and oxygen atoms in total. The molecular weight excluding hydrogens is 402 g/mol. The second-order valence-electron chi connectivity index (χ2n) is 9.37. The van der Waals surface area contributed by atoms with Gasteiger partial charge in [0.2, 0.25) is 11.8 Å². The van der Waals surface area contributed by atoms with Crippen LogP contribution in [0.5, 0.6) is 5.75 Å². The van der Waals surface area contributed by atoms with E-state index in [0.29, 0.717) is 32.0 Å². The zero-order valence-electron chi connectivity index (χ0n) is 19.2. The third-order valence-electron chi connectivity index (χ3n) is 6.39. The Kier molecular flexibility index (Phi) is 6.80. The number of nitrogens with one attached hydrogen (secondary N) is 1. The number of rotatable bonds is 7. The molecule has 32 heavy (non-hydrogen) atoms. The SMILES string of the molecule is C[C@@H]1C[C@@H]1C(=O)N[C@H](Cc1ccccc1)C(=O)N1Cc2ccccc2OC[C@H]1CN(C)C. The molecule has 4 atom stereocenters. The van der Waals surface area contributed by atoms with Crippen molar-refractivity contribution in [3.63, 3.8) is 0 Å². The Hall–Kier alpha value is -2.86. The molecule has 1 aliphatic carbocycles. The predicted octanol–water partition coefficient (Wildman–Crippen LogP) is 2.72. The molecule has 4 rings (SSSR count). The lowest BCUT2D eigenvalue weighted by Gasteiger charge is -2.34. The van der Waals surface area contributed by atoms with E-state index >= 15 is 0 Å². The Bertz CT molecular complexity index is 946. The predicted molar refractivity (Wildman–Crippen MR) is 124 cm³/mol. The van der Waals surface area contributed by atoms with Crippen molar-refractivity contribution < 1.29 is 14.3 Å². The second kappa shape index (κ2) is 9.74. The molecule has 170 valence electrons. The van der Waals surface area contributed by atoms with E-state index in [4.69, 9.17) is 4.74 Å². The molecule has 0 aromatic heterocycles. The van der Waals surface area contributed by atoms with Crippen molar-refractivity contribution >= 4 is 11.8 Å². The number of likely N-dealkylation sites (N-methyl/N-ethyl adjacent to an activating group) is 1. The van der Waals surface area contributed by atoms with Crippen molar-refractivity contribution in [1.29, 1.82) is 0 Å². The first-order valence-corrected chi connectivity index (χ1v) is 11.4. The van der Waals surface area contributed by atoms with E-state index in [-0.39, 0.29) is 23.8 Å². The summed E-state index contributed by atoms with van der Waals surface area (Å²) in [4.78, 5) is 30.7. The number of carbonyl (C=O) groups excluding carboxylic acids is 2. The zero-order chi connectivity index (χ0) is 22.7. The number of benzene rings is 2. The van der Waals surface area contributed by atoms with Crippen LogP contribution in [0.4, 0.5) is 0 Å². The summed E-state index contributed by atoms with van der Waals surface area (Å²) in [5, 5.41) is 3.09. The van der Waals surface area contributed by atoms with E-state index in [0.717, 1.165) is 23.3 Å². The number of para-hydroxylation sites is 1. The van der Waals surface area contributed by atoms with E-state index in [9.17, 15) is 9.59 Å². The fourth-order valence-corrected chi connectivity index (χ4v) is 4.41.